The molecule has 1 aliphatic rings. The number of amides is 1. The summed E-state index contributed by atoms with van der Waals surface area (Å²) >= 11 is 0. The number of benzene rings is 1. The molecule has 9 heteroatoms. The van der Waals surface area contributed by atoms with Crippen LogP contribution in [0.15, 0.2) is 47.3 Å². The molecular formula is C20H21N5O4. The van der Waals surface area contributed by atoms with Gasteiger partial charge in [-0.25, -0.2) is 9.36 Å². The first kappa shape index (κ1) is 18.7. The van der Waals surface area contributed by atoms with Crippen molar-refractivity contribution in [2.24, 2.45) is 0 Å². The van der Waals surface area contributed by atoms with Crippen LogP contribution in [0.2, 0.25) is 0 Å². The van der Waals surface area contributed by atoms with Crippen LogP contribution in [0.5, 0.6) is 11.5 Å². The summed E-state index contributed by atoms with van der Waals surface area (Å²) in [5.41, 5.74) is 1.53. The van der Waals surface area contributed by atoms with Gasteiger partial charge in [-0.15, -0.1) is 5.10 Å². The van der Waals surface area contributed by atoms with Crippen LogP contribution in [-0.2, 0) is 11.3 Å². The zero-order chi connectivity index (χ0) is 20.4. The summed E-state index contributed by atoms with van der Waals surface area (Å²) in [5, 5.41) is 11.5. The summed E-state index contributed by atoms with van der Waals surface area (Å²) in [7, 11) is 0. The van der Waals surface area contributed by atoms with Gasteiger partial charge in [0.15, 0.2) is 17.3 Å². The molecule has 1 N–H and O–H groups in total. The second-order valence-electron chi connectivity index (χ2n) is 6.75. The van der Waals surface area contributed by atoms with Crippen LogP contribution < -0.4 is 20.3 Å². The molecule has 29 heavy (non-hydrogen) atoms. The van der Waals surface area contributed by atoms with Gasteiger partial charge in [0, 0.05) is 18.3 Å². The summed E-state index contributed by atoms with van der Waals surface area (Å²) in [6, 6.07) is 12.2. The summed E-state index contributed by atoms with van der Waals surface area (Å²) in [4.78, 5) is 24.5. The smallest absolute Gasteiger partial charge is 0.266 e. The number of hydrogen-bond acceptors (Lipinski definition) is 6. The van der Waals surface area contributed by atoms with Crippen molar-refractivity contribution in [1.29, 1.82) is 0 Å². The molecule has 1 aliphatic heterocycles. The van der Waals surface area contributed by atoms with Crippen molar-refractivity contribution in [3.8, 4) is 17.3 Å². The quantitative estimate of drug-likeness (QED) is 0.692. The van der Waals surface area contributed by atoms with Crippen LogP contribution in [0, 0.1) is 13.8 Å². The SMILES string of the molecule is Cc1cc(C)n(-c2ccc(=O)n(CCNC(=O)C3COc4ccccc4O3)n2)n1. The molecule has 150 valence electrons. The number of carbonyl (C=O) groups excluding carboxylic acids is 1. The van der Waals surface area contributed by atoms with Crippen molar-refractivity contribution in [2.75, 3.05) is 13.2 Å². The van der Waals surface area contributed by atoms with Gasteiger partial charge in [-0.05, 0) is 38.1 Å². The number of ether oxygens (including phenoxy) is 2. The van der Waals surface area contributed by atoms with Gasteiger partial charge >= 0.3 is 0 Å². The van der Waals surface area contributed by atoms with E-state index < -0.39 is 6.10 Å². The lowest BCUT2D eigenvalue weighted by atomic mass is 10.2. The Morgan fingerprint density at radius 2 is 1.97 bits per heavy atom. The summed E-state index contributed by atoms with van der Waals surface area (Å²) in [6.07, 6.45) is -0.740. The maximum atomic E-state index is 12.4. The fourth-order valence-electron chi connectivity index (χ4n) is 3.12. The highest BCUT2D eigenvalue weighted by atomic mass is 16.6. The largest absolute Gasteiger partial charge is 0.485 e. The van der Waals surface area contributed by atoms with Crippen molar-refractivity contribution in [3.05, 3.63) is 64.2 Å². The van der Waals surface area contributed by atoms with E-state index in [4.69, 9.17) is 9.47 Å². The Labute approximate surface area is 166 Å². The average molecular weight is 395 g/mol. The molecule has 2 aromatic heterocycles. The summed E-state index contributed by atoms with van der Waals surface area (Å²) in [6.45, 7) is 4.40. The number of aromatic nitrogens is 4. The molecule has 0 radical (unpaired) electrons. The number of hydrogen-bond donors (Lipinski definition) is 1. The van der Waals surface area contributed by atoms with E-state index in [0.717, 1.165) is 11.4 Å². The minimum absolute atomic E-state index is 0.133. The van der Waals surface area contributed by atoms with Crippen molar-refractivity contribution in [3.63, 3.8) is 0 Å². The topological polar surface area (TPSA) is 100 Å². The molecule has 0 saturated carbocycles. The lowest BCUT2D eigenvalue weighted by molar-refractivity contribution is -0.130. The lowest BCUT2D eigenvalue weighted by Gasteiger charge is -2.25. The minimum atomic E-state index is -0.740. The number of nitrogens with zero attached hydrogens (tertiary/aromatic N) is 4. The van der Waals surface area contributed by atoms with E-state index in [2.05, 4.69) is 15.5 Å². The minimum Gasteiger partial charge on any atom is -0.485 e. The van der Waals surface area contributed by atoms with Gasteiger partial charge in [-0.1, -0.05) is 12.1 Å². The van der Waals surface area contributed by atoms with E-state index in [-0.39, 0.29) is 31.2 Å². The Kier molecular flexibility index (Phi) is 5.03. The first-order chi connectivity index (χ1) is 14.0. The second kappa shape index (κ2) is 7.78. The molecule has 3 heterocycles. The van der Waals surface area contributed by atoms with Gasteiger partial charge in [0.05, 0.1) is 12.2 Å². The molecule has 1 atom stereocenters. The summed E-state index contributed by atoms with van der Waals surface area (Å²) < 4.78 is 14.2. The van der Waals surface area contributed by atoms with Gasteiger partial charge in [0.2, 0.25) is 6.10 Å². The van der Waals surface area contributed by atoms with Gasteiger partial charge < -0.3 is 14.8 Å². The van der Waals surface area contributed by atoms with Crippen molar-refractivity contribution in [2.45, 2.75) is 26.5 Å². The number of carbonyl (C=O) groups is 1. The monoisotopic (exact) mass is 395 g/mol. The van der Waals surface area contributed by atoms with Crippen molar-refractivity contribution < 1.29 is 14.3 Å². The van der Waals surface area contributed by atoms with E-state index in [1.165, 1.54) is 10.7 Å². The van der Waals surface area contributed by atoms with Crippen LogP contribution in [0.1, 0.15) is 11.4 Å². The highest BCUT2D eigenvalue weighted by Gasteiger charge is 2.26. The molecule has 0 aliphatic carbocycles. The van der Waals surface area contributed by atoms with Crippen LogP contribution in [-0.4, -0.2) is 44.7 Å². The van der Waals surface area contributed by atoms with E-state index in [9.17, 15) is 9.59 Å². The predicted molar refractivity (Wildman–Crippen MR) is 104 cm³/mol. The molecule has 4 rings (SSSR count). The van der Waals surface area contributed by atoms with Gasteiger partial charge in [0.1, 0.15) is 6.61 Å². The molecular weight excluding hydrogens is 374 g/mol. The number of nitrogens with one attached hydrogen (secondary N) is 1. The second-order valence-corrected chi connectivity index (χ2v) is 6.75. The van der Waals surface area contributed by atoms with Crippen molar-refractivity contribution in [1.82, 2.24) is 24.9 Å². The molecule has 9 nitrogen and oxygen atoms in total. The number of aryl methyl sites for hydroxylation is 2. The van der Waals surface area contributed by atoms with Crippen LogP contribution >= 0.6 is 0 Å². The molecule has 1 aromatic carbocycles. The fourth-order valence-corrected chi connectivity index (χ4v) is 3.12. The van der Waals surface area contributed by atoms with Gasteiger partial charge in [0.25, 0.3) is 11.5 Å². The molecule has 1 amide bonds. The Morgan fingerprint density at radius 1 is 1.17 bits per heavy atom. The molecule has 3 aromatic rings. The Morgan fingerprint density at radius 3 is 2.72 bits per heavy atom. The van der Waals surface area contributed by atoms with Crippen molar-refractivity contribution >= 4 is 5.91 Å². The zero-order valence-corrected chi connectivity index (χ0v) is 16.2. The Hall–Kier alpha value is -3.62. The Bertz CT molecular complexity index is 1100. The highest BCUT2D eigenvalue weighted by Crippen LogP contribution is 2.30. The van der Waals surface area contributed by atoms with E-state index in [1.54, 1.807) is 22.9 Å². The van der Waals surface area contributed by atoms with E-state index in [1.807, 2.05) is 32.0 Å². The zero-order valence-electron chi connectivity index (χ0n) is 16.2. The number of para-hydroxylation sites is 2. The van der Waals surface area contributed by atoms with Gasteiger partial charge in [-0.2, -0.15) is 5.10 Å². The van der Waals surface area contributed by atoms with Crippen LogP contribution in [0.3, 0.4) is 0 Å². The molecule has 0 saturated heterocycles. The first-order valence-corrected chi connectivity index (χ1v) is 9.29. The molecule has 0 bridgehead atoms. The van der Waals surface area contributed by atoms with Crippen LogP contribution in [0.25, 0.3) is 5.82 Å². The number of rotatable bonds is 5. The van der Waals surface area contributed by atoms with E-state index >= 15 is 0 Å². The maximum Gasteiger partial charge on any atom is 0.266 e. The third-order valence-electron chi connectivity index (χ3n) is 4.50. The first-order valence-electron chi connectivity index (χ1n) is 9.29. The third kappa shape index (κ3) is 3.98. The lowest BCUT2D eigenvalue weighted by Crippen LogP contribution is -2.45. The highest BCUT2D eigenvalue weighted by molar-refractivity contribution is 5.81. The van der Waals surface area contributed by atoms with Gasteiger partial charge in [-0.3, -0.25) is 9.59 Å². The Balaban J connectivity index is 1.38. The normalized spacial score (nSPS) is 15.2. The summed E-state index contributed by atoms with van der Waals surface area (Å²) in [5.74, 6) is 1.40. The fraction of sp³-hybridized carbons (Fsp3) is 0.300. The maximum absolute atomic E-state index is 12.4. The number of fused-ring (bicyclic) bond motifs is 1. The predicted octanol–water partition coefficient (Wildman–Crippen LogP) is 1.00. The standard InChI is InChI=1S/C20H21N5O4/c1-13-11-14(2)25(22-13)18-7-8-19(26)24(23-18)10-9-21-20(27)17-12-28-15-5-3-4-6-16(15)29-17/h3-8,11,17H,9-10,12H2,1-2H3,(H,21,27). The molecule has 0 fully saturated rings. The molecule has 0 spiro atoms. The average Bonchev–Trinajstić information content (AvgIpc) is 3.07. The van der Waals surface area contributed by atoms with Crippen LogP contribution in [0.4, 0.5) is 0 Å². The van der Waals surface area contributed by atoms with E-state index in [0.29, 0.717) is 17.3 Å². The third-order valence-corrected chi connectivity index (χ3v) is 4.50. The molecule has 1 unspecified atom stereocenters.